The van der Waals surface area contributed by atoms with Gasteiger partial charge in [0.2, 0.25) is 5.76 Å². The molecular weight excluding hydrogens is 266 g/mol. The molecule has 0 amide bonds. The molecular formula is C13H7NO6. The highest BCUT2D eigenvalue weighted by molar-refractivity contribution is 5.91. The van der Waals surface area contributed by atoms with Gasteiger partial charge in [-0.1, -0.05) is 0 Å². The third kappa shape index (κ3) is 2.22. The van der Waals surface area contributed by atoms with E-state index in [9.17, 15) is 14.4 Å². The molecule has 2 N–H and O–H groups in total. The van der Waals surface area contributed by atoms with Crippen molar-refractivity contribution in [1.82, 2.24) is 0 Å². The van der Waals surface area contributed by atoms with Crippen LogP contribution in [0.25, 0.3) is 11.0 Å². The smallest absolute Gasteiger partial charge is 0.372 e. The number of carboxylic acids is 2. The number of carboxylic acid groups (broad SMARTS) is 2. The number of hydrogen-bond acceptors (Lipinski definition) is 5. The monoisotopic (exact) mass is 273 g/mol. The van der Waals surface area contributed by atoms with Crippen LogP contribution in [0.5, 0.6) is 0 Å². The maximum absolute atomic E-state index is 12.2. The summed E-state index contributed by atoms with van der Waals surface area (Å²) in [6.07, 6.45) is -0.767. The average Bonchev–Trinajstić information content (AvgIpc) is 2.40. The Kier molecular flexibility index (Phi) is 3.23. The first-order valence-electron chi connectivity index (χ1n) is 5.39. The van der Waals surface area contributed by atoms with E-state index < -0.39 is 35.1 Å². The largest absolute Gasteiger partial charge is 0.481 e. The summed E-state index contributed by atoms with van der Waals surface area (Å²) in [7, 11) is 0. The maximum atomic E-state index is 12.2. The third-order valence-electron chi connectivity index (χ3n) is 2.64. The minimum absolute atomic E-state index is 0.0134. The van der Waals surface area contributed by atoms with E-state index in [0.29, 0.717) is 0 Å². The van der Waals surface area contributed by atoms with E-state index in [0.717, 1.165) is 0 Å². The van der Waals surface area contributed by atoms with Crippen LogP contribution in [-0.2, 0) is 11.2 Å². The first-order chi connectivity index (χ1) is 9.43. The molecule has 1 aromatic carbocycles. The Morgan fingerprint density at radius 1 is 1.30 bits per heavy atom. The van der Waals surface area contributed by atoms with Crippen LogP contribution in [-0.4, -0.2) is 22.2 Å². The van der Waals surface area contributed by atoms with Crippen LogP contribution in [0.15, 0.2) is 27.4 Å². The molecule has 0 bridgehead atoms. The Balaban J connectivity index is 2.87. The Morgan fingerprint density at radius 3 is 2.55 bits per heavy atom. The van der Waals surface area contributed by atoms with E-state index in [-0.39, 0.29) is 16.5 Å². The predicted molar refractivity (Wildman–Crippen MR) is 65.5 cm³/mol. The van der Waals surface area contributed by atoms with Gasteiger partial charge in [0.25, 0.3) is 0 Å². The molecule has 0 fully saturated rings. The van der Waals surface area contributed by atoms with Gasteiger partial charge in [0.15, 0.2) is 5.43 Å². The van der Waals surface area contributed by atoms with E-state index >= 15 is 0 Å². The number of nitriles is 1. The average molecular weight is 273 g/mol. The van der Waals surface area contributed by atoms with Crippen molar-refractivity contribution >= 4 is 22.9 Å². The standard InChI is InChI=1S/C13H7NO6/c14-5-6-1-2-9-7(3-6)11(17)8(4-10(15)16)12(20-9)13(18)19/h1-3H,4H2,(H,15,16)(H,18,19). The maximum Gasteiger partial charge on any atom is 0.372 e. The Morgan fingerprint density at radius 2 is 2.00 bits per heavy atom. The van der Waals surface area contributed by atoms with Gasteiger partial charge in [0, 0.05) is 0 Å². The first kappa shape index (κ1) is 13.3. The van der Waals surface area contributed by atoms with Gasteiger partial charge in [0.05, 0.1) is 29.0 Å². The van der Waals surface area contributed by atoms with Gasteiger partial charge >= 0.3 is 11.9 Å². The van der Waals surface area contributed by atoms with Crippen LogP contribution >= 0.6 is 0 Å². The van der Waals surface area contributed by atoms with Crippen molar-refractivity contribution in [2.75, 3.05) is 0 Å². The molecule has 0 unspecified atom stereocenters. The molecule has 1 aromatic heterocycles. The van der Waals surface area contributed by atoms with Crippen LogP contribution in [0.1, 0.15) is 21.7 Å². The summed E-state index contributed by atoms with van der Waals surface area (Å²) in [6.45, 7) is 0. The van der Waals surface area contributed by atoms with E-state index in [1.807, 2.05) is 6.07 Å². The van der Waals surface area contributed by atoms with Crippen molar-refractivity contribution < 1.29 is 24.2 Å². The Bertz CT molecular complexity index is 827. The molecule has 7 heteroatoms. The lowest BCUT2D eigenvalue weighted by molar-refractivity contribution is -0.136. The van der Waals surface area contributed by atoms with Gasteiger partial charge in [0.1, 0.15) is 5.58 Å². The Hall–Kier alpha value is -3.14. The van der Waals surface area contributed by atoms with E-state index in [1.165, 1.54) is 18.2 Å². The SMILES string of the molecule is N#Cc1ccc2oc(C(=O)O)c(CC(=O)O)c(=O)c2c1. The molecule has 0 aliphatic rings. The summed E-state index contributed by atoms with van der Waals surface area (Å²) in [4.78, 5) is 33.9. The van der Waals surface area contributed by atoms with Crippen molar-refractivity contribution in [2.24, 2.45) is 0 Å². The molecule has 100 valence electrons. The lowest BCUT2D eigenvalue weighted by Crippen LogP contribution is -2.19. The molecule has 2 aromatic rings. The van der Waals surface area contributed by atoms with Crippen LogP contribution in [0, 0.1) is 11.3 Å². The van der Waals surface area contributed by atoms with Crippen molar-refractivity contribution in [2.45, 2.75) is 6.42 Å². The Labute approximate surface area is 111 Å². The third-order valence-corrected chi connectivity index (χ3v) is 2.64. The van der Waals surface area contributed by atoms with Crippen LogP contribution < -0.4 is 5.43 Å². The van der Waals surface area contributed by atoms with E-state index in [1.54, 1.807) is 0 Å². The number of nitrogens with zero attached hydrogens (tertiary/aromatic N) is 1. The molecule has 0 saturated heterocycles. The van der Waals surface area contributed by atoms with Crippen LogP contribution in [0.3, 0.4) is 0 Å². The van der Waals surface area contributed by atoms with E-state index in [2.05, 4.69) is 0 Å². The summed E-state index contributed by atoms with van der Waals surface area (Å²) in [5, 5.41) is 26.5. The summed E-state index contributed by atoms with van der Waals surface area (Å²) in [6, 6.07) is 5.73. The summed E-state index contributed by atoms with van der Waals surface area (Å²) >= 11 is 0. The first-order valence-corrected chi connectivity index (χ1v) is 5.39. The van der Waals surface area contributed by atoms with Crippen molar-refractivity contribution in [3.63, 3.8) is 0 Å². The number of carbonyl (C=O) groups is 2. The number of fused-ring (bicyclic) bond motifs is 1. The highest BCUT2D eigenvalue weighted by Crippen LogP contribution is 2.18. The number of aliphatic carboxylic acids is 1. The minimum Gasteiger partial charge on any atom is -0.481 e. The molecule has 1 heterocycles. The van der Waals surface area contributed by atoms with Gasteiger partial charge in [-0.3, -0.25) is 9.59 Å². The molecule has 0 radical (unpaired) electrons. The minimum atomic E-state index is -1.52. The lowest BCUT2D eigenvalue weighted by Gasteiger charge is -2.05. The van der Waals surface area contributed by atoms with Crippen LogP contribution in [0.4, 0.5) is 0 Å². The fraction of sp³-hybridized carbons (Fsp3) is 0.0769. The second kappa shape index (κ2) is 4.85. The zero-order chi connectivity index (χ0) is 14.9. The molecule has 7 nitrogen and oxygen atoms in total. The number of benzene rings is 1. The number of hydrogen-bond donors (Lipinski definition) is 2. The van der Waals surface area contributed by atoms with Gasteiger partial charge in [-0.15, -0.1) is 0 Å². The molecule has 20 heavy (non-hydrogen) atoms. The summed E-state index contributed by atoms with van der Waals surface area (Å²) < 4.78 is 5.06. The lowest BCUT2D eigenvalue weighted by atomic mass is 10.1. The second-order valence-electron chi connectivity index (χ2n) is 3.94. The van der Waals surface area contributed by atoms with Gasteiger partial charge in [-0.25, -0.2) is 4.79 Å². The van der Waals surface area contributed by atoms with Crippen molar-refractivity contribution in [1.29, 1.82) is 5.26 Å². The van der Waals surface area contributed by atoms with Crippen molar-refractivity contribution in [3.05, 3.63) is 45.3 Å². The molecule has 2 rings (SSSR count). The fourth-order valence-electron chi connectivity index (χ4n) is 1.79. The van der Waals surface area contributed by atoms with Crippen molar-refractivity contribution in [3.8, 4) is 6.07 Å². The normalized spacial score (nSPS) is 10.2. The quantitative estimate of drug-likeness (QED) is 0.852. The number of rotatable bonds is 3. The van der Waals surface area contributed by atoms with Gasteiger partial charge < -0.3 is 14.6 Å². The second-order valence-corrected chi connectivity index (χ2v) is 3.94. The molecule has 0 aliphatic carbocycles. The summed E-state index contributed by atoms with van der Waals surface area (Å²) in [5.74, 6) is -3.57. The zero-order valence-corrected chi connectivity index (χ0v) is 9.91. The molecule has 0 aliphatic heterocycles. The highest BCUT2D eigenvalue weighted by Gasteiger charge is 2.21. The molecule has 0 atom stereocenters. The topological polar surface area (TPSA) is 129 Å². The molecule has 0 saturated carbocycles. The predicted octanol–water partition coefficient (Wildman–Crippen LogP) is 0.990. The summed E-state index contributed by atoms with van der Waals surface area (Å²) in [5.41, 5.74) is -1.04. The van der Waals surface area contributed by atoms with Gasteiger partial charge in [-0.05, 0) is 18.2 Å². The van der Waals surface area contributed by atoms with E-state index in [4.69, 9.17) is 19.9 Å². The van der Waals surface area contributed by atoms with Crippen LogP contribution in [0.2, 0.25) is 0 Å². The zero-order valence-electron chi connectivity index (χ0n) is 9.91. The number of aromatic carboxylic acids is 1. The molecule has 0 spiro atoms. The highest BCUT2D eigenvalue weighted by atomic mass is 16.4. The van der Waals surface area contributed by atoms with Gasteiger partial charge in [-0.2, -0.15) is 5.26 Å². The fourth-order valence-corrected chi connectivity index (χ4v) is 1.79.